The van der Waals surface area contributed by atoms with Crippen LogP contribution in [0.1, 0.15) is 22.8 Å². The van der Waals surface area contributed by atoms with E-state index in [4.69, 9.17) is 11.6 Å². The van der Waals surface area contributed by atoms with Gasteiger partial charge in [-0.3, -0.25) is 4.79 Å². The molecule has 1 amide bonds. The van der Waals surface area contributed by atoms with E-state index in [9.17, 15) is 4.79 Å². The fourth-order valence-electron chi connectivity index (χ4n) is 3.74. The molecule has 3 aromatic rings. The summed E-state index contributed by atoms with van der Waals surface area (Å²) >= 11 is 5.93. The molecule has 5 nitrogen and oxygen atoms in total. The van der Waals surface area contributed by atoms with E-state index >= 15 is 0 Å². The Labute approximate surface area is 176 Å². The molecule has 1 fully saturated rings. The van der Waals surface area contributed by atoms with Crippen molar-refractivity contribution in [1.82, 2.24) is 9.88 Å². The molecule has 1 saturated heterocycles. The Hall–Kier alpha value is -2.63. The molecule has 0 atom stereocenters. The molecule has 0 unspecified atom stereocenters. The number of amides is 1. The van der Waals surface area contributed by atoms with Crippen molar-refractivity contribution >= 4 is 39.8 Å². The summed E-state index contributed by atoms with van der Waals surface area (Å²) in [5, 5.41) is 4.37. The third kappa shape index (κ3) is 4.36. The first-order valence-corrected chi connectivity index (χ1v) is 10.4. The maximum Gasteiger partial charge on any atom is 0.255 e. The average molecular weight is 409 g/mol. The molecule has 6 heteroatoms. The van der Waals surface area contributed by atoms with Crippen LogP contribution in [0.15, 0.2) is 48.5 Å². The first-order chi connectivity index (χ1) is 14.0. The Morgan fingerprint density at radius 2 is 1.86 bits per heavy atom. The average Bonchev–Trinajstić information content (AvgIpc) is 2.74. The monoisotopic (exact) mass is 408 g/mol. The fourth-order valence-corrected chi connectivity index (χ4v) is 3.90. The highest BCUT2D eigenvalue weighted by molar-refractivity contribution is 6.29. The Morgan fingerprint density at radius 1 is 1.07 bits per heavy atom. The Morgan fingerprint density at radius 3 is 2.59 bits per heavy atom. The minimum absolute atomic E-state index is 0.130. The molecule has 0 radical (unpaired) electrons. The molecule has 2 aromatic carbocycles. The van der Waals surface area contributed by atoms with E-state index in [1.54, 1.807) is 12.1 Å². The first-order valence-electron chi connectivity index (χ1n) is 9.99. The van der Waals surface area contributed by atoms with E-state index in [2.05, 4.69) is 39.2 Å². The van der Waals surface area contributed by atoms with Crippen molar-refractivity contribution in [2.24, 2.45) is 0 Å². The van der Waals surface area contributed by atoms with Gasteiger partial charge in [0.2, 0.25) is 0 Å². The van der Waals surface area contributed by atoms with Crippen LogP contribution in [-0.4, -0.2) is 48.5 Å². The number of hydrogen-bond acceptors (Lipinski definition) is 4. The zero-order valence-corrected chi connectivity index (χ0v) is 17.5. The van der Waals surface area contributed by atoms with Crippen molar-refractivity contribution in [2.75, 3.05) is 42.9 Å². The summed E-state index contributed by atoms with van der Waals surface area (Å²) in [6, 6.07) is 15.3. The van der Waals surface area contributed by atoms with Gasteiger partial charge in [0.15, 0.2) is 0 Å². The lowest BCUT2D eigenvalue weighted by atomic mass is 10.1. The predicted octanol–water partition coefficient (Wildman–Crippen LogP) is 4.59. The van der Waals surface area contributed by atoms with Crippen molar-refractivity contribution in [3.8, 4) is 0 Å². The summed E-state index contributed by atoms with van der Waals surface area (Å²) in [5.74, 6) is -0.130. The highest BCUT2D eigenvalue weighted by Gasteiger charge is 2.17. The summed E-state index contributed by atoms with van der Waals surface area (Å²) in [7, 11) is 0. The van der Waals surface area contributed by atoms with Crippen molar-refractivity contribution in [1.29, 1.82) is 0 Å². The molecule has 0 saturated carbocycles. The van der Waals surface area contributed by atoms with Gasteiger partial charge in [-0.15, -0.1) is 0 Å². The van der Waals surface area contributed by atoms with Crippen LogP contribution in [-0.2, 0) is 0 Å². The topological polar surface area (TPSA) is 48.5 Å². The summed E-state index contributed by atoms with van der Waals surface area (Å²) in [4.78, 5) is 21.9. The molecule has 0 bridgehead atoms. The Bertz CT molecular complexity index is 1040. The van der Waals surface area contributed by atoms with Crippen LogP contribution in [0.2, 0.25) is 5.15 Å². The lowest BCUT2D eigenvalue weighted by Crippen LogP contribution is -2.46. The summed E-state index contributed by atoms with van der Waals surface area (Å²) in [6.45, 7) is 9.61. The van der Waals surface area contributed by atoms with Gasteiger partial charge in [-0.25, -0.2) is 4.98 Å². The number of nitrogens with zero attached hydrogens (tertiary/aromatic N) is 3. The molecule has 0 aliphatic carbocycles. The van der Waals surface area contributed by atoms with Gasteiger partial charge in [0.25, 0.3) is 5.91 Å². The summed E-state index contributed by atoms with van der Waals surface area (Å²) in [6.07, 6.45) is 0. The Kier molecular flexibility index (Phi) is 5.69. The number of fused-ring (bicyclic) bond motifs is 1. The quantitative estimate of drug-likeness (QED) is 0.641. The van der Waals surface area contributed by atoms with Crippen LogP contribution in [0.3, 0.4) is 0 Å². The van der Waals surface area contributed by atoms with E-state index in [0.717, 1.165) is 54.9 Å². The Balaban J connectivity index is 1.48. The van der Waals surface area contributed by atoms with Crippen molar-refractivity contribution in [3.63, 3.8) is 0 Å². The van der Waals surface area contributed by atoms with Crippen LogP contribution in [0, 0.1) is 6.92 Å². The van der Waals surface area contributed by atoms with E-state index in [1.807, 2.05) is 31.2 Å². The lowest BCUT2D eigenvalue weighted by Gasteiger charge is -2.35. The molecule has 2 heterocycles. The van der Waals surface area contributed by atoms with Crippen LogP contribution < -0.4 is 10.2 Å². The standard InChI is InChI=1S/C23H25ClN4O/c1-3-27-10-12-28(13-11-27)19-6-8-20(16(2)14-19)26-23(29)18-4-7-21-17(15-18)5-9-22(24)25-21/h4-9,14-15H,3,10-13H2,1-2H3,(H,26,29). The molecular formula is C23H25ClN4O. The number of halogens is 1. The molecule has 1 aliphatic rings. The van der Waals surface area contributed by atoms with E-state index in [-0.39, 0.29) is 5.91 Å². The maximum atomic E-state index is 12.8. The second kappa shape index (κ2) is 8.39. The molecule has 1 N–H and O–H groups in total. The van der Waals surface area contributed by atoms with Gasteiger partial charge < -0.3 is 15.1 Å². The van der Waals surface area contributed by atoms with Crippen LogP contribution in [0.4, 0.5) is 11.4 Å². The first kappa shape index (κ1) is 19.7. The molecule has 1 aromatic heterocycles. The minimum atomic E-state index is -0.130. The van der Waals surface area contributed by atoms with Gasteiger partial charge in [-0.2, -0.15) is 0 Å². The zero-order chi connectivity index (χ0) is 20.4. The summed E-state index contributed by atoms with van der Waals surface area (Å²) in [5.41, 5.74) is 4.48. The molecule has 29 heavy (non-hydrogen) atoms. The lowest BCUT2D eigenvalue weighted by molar-refractivity contribution is 0.102. The molecule has 4 rings (SSSR count). The second-order valence-corrected chi connectivity index (χ2v) is 7.80. The number of carbonyl (C=O) groups is 1. The predicted molar refractivity (Wildman–Crippen MR) is 120 cm³/mol. The number of hydrogen-bond donors (Lipinski definition) is 1. The highest BCUT2D eigenvalue weighted by atomic mass is 35.5. The number of carbonyl (C=O) groups excluding carboxylic acids is 1. The number of anilines is 2. The van der Waals surface area contributed by atoms with Crippen LogP contribution >= 0.6 is 11.6 Å². The molecule has 1 aliphatic heterocycles. The van der Waals surface area contributed by atoms with Crippen LogP contribution in [0.25, 0.3) is 10.9 Å². The third-order valence-corrected chi connectivity index (χ3v) is 5.77. The normalized spacial score (nSPS) is 14.9. The number of likely N-dealkylation sites (N-methyl/N-ethyl adjacent to an activating group) is 1. The SMILES string of the molecule is CCN1CCN(c2ccc(NC(=O)c3ccc4nc(Cl)ccc4c3)c(C)c2)CC1. The van der Waals surface area contributed by atoms with Gasteiger partial charge in [-0.1, -0.05) is 18.5 Å². The van der Waals surface area contributed by atoms with Gasteiger partial charge in [0.05, 0.1) is 5.52 Å². The van der Waals surface area contributed by atoms with Gasteiger partial charge in [0.1, 0.15) is 5.15 Å². The zero-order valence-electron chi connectivity index (χ0n) is 16.8. The molecular weight excluding hydrogens is 384 g/mol. The molecule has 150 valence electrons. The fraction of sp³-hybridized carbons (Fsp3) is 0.304. The number of benzene rings is 2. The number of pyridine rings is 1. The van der Waals surface area contributed by atoms with Gasteiger partial charge in [0, 0.05) is 48.5 Å². The number of aromatic nitrogens is 1. The van der Waals surface area contributed by atoms with Crippen molar-refractivity contribution in [3.05, 3.63) is 64.8 Å². The van der Waals surface area contributed by atoms with E-state index in [1.165, 1.54) is 5.69 Å². The number of aryl methyl sites for hydroxylation is 1. The minimum Gasteiger partial charge on any atom is -0.369 e. The number of piperazine rings is 1. The molecule has 0 spiro atoms. The largest absolute Gasteiger partial charge is 0.369 e. The highest BCUT2D eigenvalue weighted by Crippen LogP contribution is 2.25. The maximum absolute atomic E-state index is 12.8. The van der Waals surface area contributed by atoms with Gasteiger partial charge >= 0.3 is 0 Å². The second-order valence-electron chi connectivity index (χ2n) is 7.42. The smallest absolute Gasteiger partial charge is 0.255 e. The third-order valence-electron chi connectivity index (χ3n) is 5.56. The van der Waals surface area contributed by atoms with Crippen LogP contribution in [0.5, 0.6) is 0 Å². The summed E-state index contributed by atoms with van der Waals surface area (Å²) < 4.78 is 0. The van der Waals surface area contributed by atoms with E-state index in [0.29, 0.717) is 10.7 Å². The van der Waals surface area contributed by atoms with Gasteiger partial charge in [-0.05, 0) is 67.6 Å². The van der Waals surface area contributed by atoms with Crippen molar-refractivity contribution < 1.29 is 4.79 Å². The number of nitrogens with one attached hydrogen (secondary N) is 1. The number of rotatable bonds is 4. The van der Waals surface area contributed by atoms with E-state index < -0.39 is 0 Å². The van der Waals surface area contributed by atoms with Crippen molar-refractivity contribution in [2.45, 2.75) is 13.8 Å².